The van der Waals surface area contributed by atoms with Gasteiger partial charge in [0.2, 0.25) is 5.91 Å². The Bertz CT molecular complexity index is 709. The Hall–Kier alpha value is -2.11. The maximum Gasteiger partial charge on any atom is 0.335 e. The van der Waals surface area contributed by atoms with Gasteiger partial charge in [-0.3, -0.25) is 4.79 Å². The van der Waals surface area contributed by atoms with Crippen molar-refractivity contribution in [3.8, 4) is 6.07 Å². The number of hydrogen-bond acceptors (Lipinski definition) is 5. The summed E-state index contributed by atoms with van der Waals surface area (Å²) in [5.74, 6) is -2.97. The fourth-order valence-electron chi connectivity index (χ4n) is 1.43. The first-order chi connectivity index (χ1) is 9.77. The molecule has 0 radical (unpaired) electrons. The number of benzene rings is 1. The molecule has 7 nitrogen and oxygen atoms in total. The summed E-state index contributed by atoms with van der Waals surface area (Å²) in [4.78, 5) is 21.9. The lowest BCUT2D eigenvalue weighted by atomic mass is 10.2. The Kier molecular flexibility index (Phi) is 5.69. The minimum atomic E-state index is -4.07. The van der Waals surface area contributed by atoms with Crippen molar-refractivity contribution in [1.82, 2.24) is 5.32 Å². The van der Waals surface area contributed by atoms with Crippen molar-refractivity contribution in [1.29, 1.82) is 5.26 Å². The number of nitrogens with one attached hydrogen (secondary N) is 1. The summed E-state index contributed by atoms with van der Waals surface area (Å²) in [5.41, 5.74) is -0.247. The van der Waals surface area contributed by atoms with Crippen LogP contribution in [0.1, 0.15) is 16.8 Å². The third-order valence-corrected chi connectivity index (χ3v) is 4.49. The zero-order valence-corrected chi connectivity index (χ0v) is 12.2. The molecule has 0 bridgehead atoms. The Morgan fingerprint density at radius 3 is 2.62 bits per heavy atom. The fourth-order valence-corrected chi connectivity index (χ4v) is 3.18. The quantitative estimate of drug-likeness (QED) is 0.745. The molecule has 21 heavy (non-hydrogen) atoms. The largest absolute Gasteiger partial charge is 0.478 e. The van der Waals surface area contributed by atoms with Crippen LogP contribution in [0.25, 0.3) is 0 Å². The van der Waals surface area contributed by atoms with Gasteiger partial charge < -0.3 is 10.4 Å². The Balaban J connectivity index is 2.98. The van der Waals surface area contributed by atoms with Crippen LogP contribution in [0.4, 0.5) is 0 Å². The number of amides is 1. The molecule has 0 aliphatic carbocycles. The van der Waals surface area contributed by atoms with Gasteiger partial charge in [0.15, 0.2) is 9.84 Å². The van der Waals surface area contributed by atoms with Crippen LogP contribution in [0.5, 0.6) is 0 Å². The number of carbonyl (C=O) groups is 2. The van der Waals surface area contributed by atoms with E-state index in [0.29, 0.717) is 0 Å². The molecule has 0 aromatic heterocycles. The number of carbonyl (C=O) groups excluding carboxylic acids is 1. The minimum Gasteiger partial charge on any atom is -0.478 e. The topological polar surface area (TPSA) is 124 Å². The van der Waals surface area contributed by atoms with Gasteiger partial charge in [0, 0.05) is 6.54 Å². The molecule has 112 valence electrons. The molecule has 1 aromatic rings. The standard InChI is InChI=1S/C12H11ClN2O5S/c13-9-3-2-8(12(17)18)6-10(9)21(19,20)7-11(16)15-5-1-4-14/h2-3,6H,1,5,7H2,(H,15,16)(H,17,18). The fraction of sp³-hybridized carbons (Fsp3) is 0.250. The van der Waals surface area contributed by atoms with Crippen LogP contribution in [-0.4, -0.2) is 37.7 Å². The van der Waals surface area contributed by atoms with Crippen molar-refractivity contribution in [3.05, 3.63) is 28.8 Å². The number of aromatic carboxylic acids is 1. The van der Waals surface area contributed by atoms with E-state index in [1.54, 1.807) is 6.07 Å². The molecular formula is C12H11ClN2O5S. The minimum absolute atomic E-state index is 0.0355. The van der Waals surface area contributed by atoms with Gasteiger partial charge in [0.25, 0.3) is 0 Å². The van der Waals surface area contributed by atoms with Crippen molar-refractivity contribution >= 4 is 33.3 Å². The number of sulfone groups is 1. The zero-order valence-electron chi connectivity index (χ0n) is 10.7. The Morgan fingerprint density at radius 1 is 1.38 bits per heavy atom. The first-order valence-electron chi connectivity index (χ1n) is 5.67. The third-order valence-electron chi connectivity index (χ3n) is 2.39. The maximum absolute atomic E-state index is 12.1. The molecule has 1 aromatic carbocycles. The summed E-state index contributed by atoms with van der Waals surface area (Å²) >= 11 is 5.75. The average Bonchev–Trinajstić information content (AvgIpc) is 2.38. The smallest absolute Gasteiger partial charge is 0.335 e. The second-order valence-electron chi connectivity index (χ2n) is 3.97. The van der Waals surface area contributed by atoms with E-state index in [0.717, 1.165) is 18.2 Å². The molecule has 0 saturated heterocycles. The van der Waals surface area contributed by atoms with Gasteiger partial charge in [0.1, 0.15) is 5.75 Å². The Labute approximate surface area is 126 Å². The van der Waals surface area contributed by atoms with Gasteiger partial charge >= 0.3 is 5.97 Å². The molecule has 0 atom stereocenters. The third kappa shape index (κ3) is 4.73. The van der Waals surface area contributed by atoms with E-state index in [1.165, 1.54) is 0 Å². The van der Waals surface area contributed by atoms with Gasteiger partial charge in [-0.2, -0.15) is 5.26 Å². The summed E-state index contributed by atoms with van der Waals surface area (Å²) in [6, 6.07) is 5.01. The van der Waals surface area contributed by atoms with Crippen LogP contribution >= 0.6 is 11.6 Å². The Morgan fingerprint density at radius 2 is 2.05 bits per heavy atom. The monoisotopic (exact) mass is 330 g/mol. The normalized spacial score (nSPS) is 10.7. The van der Waals surface area contributed by atoms with Crippen LogP contribution in [0.2, 0.25) is 5.02 Å². The molecule has 0 heterocycles. The first-order valence-corrected chi connectivity index (χ1v) is 7.70. The zero-order chi connectivity index (χ0) is 16.0. The van der Waals surface area contributed by atoms with Crippen LogP contribution in [0.15, 0.2) is 23.1 Å². The number of rotatable bonds is 6. The number of carboxylic acids is 1. The molecule has 0 aliphatic heterocycles. The summed E-state index contributed by atoms with van der Waals surface area (Å²) < 4.78 is 24.1. The number of nitriles is 1. The summed E-state index contributed by atoms with van der Waals surface area (Å²) in [6.07, 6.45) is 0.0566. The molecule has 0 spiro atoms. The number of halogens is 1. The summed E-state index contributed by atoms with van der Waals surface area (Å²) in [7, 11) is -4.07. The molecule has 0 aliphatic rings. The lowest BCUT2D eigenvalue weighted by Gasteiger charge is -2.08. The van der Waals surface area contributed by atoms with Crippen LogP contribution < -0.4 is 5.32 Å². The SMILES string of the molecule is N#CCCNC(=O)CS(=O)(=O)c1cc(C(=O)O)ccc1Cl. The maximum atomic E-state index is 12.1. The molecule has 2 N–H and O–H groups in total. The first kappa shape index (κ1) is 16.9. The predicted octanol–water partition coefficient (Wildman–Crippen LogP) is 0.842. The average molecular weight is 331 g/mol. The molecule has 0 saturated carbocycles. The van der Waals surface area contributed by atoms with E-state index in [1.807, 2.05) is 0 Å². The molecule has 9 heteroatoms. The molecular weight excluding hydrogens is 320 g/mol. The lowest BCUT2D eigenvalue weighted by molar-refractivity contribution is -0.118. The van der Waals surface area contributed by atoms with Crippen molar-refractivity contribution in [3.63, 3.8) is 0 Å². The van der Waals surface area contributed by atoms with E-state index in [9.17, 15) is 18.0 Å². The van der Waals surface area contributed by atoms with Gasteiger partial charge in [-0.25, -0.2) is 13.2 Å². The van der Waals surface area contributed by atoms with Crippen molar-refractivity contribution < 1.29 is 23.1 Å². The van der Waals surface area contributed by atoms with E-state index in [2.05, 4.69) is 5.32 Å². The van der Waals surface area contributed by atoms with Crippen molar-refractivity contribution in [2.45, 2.75) is 11.3 Å². The van der Waals surface area contributed by atoms with Crippen LogP contribution in [0.3, 0.4) is 0 Å². The number of hydrogen-bond donors (Lipinski definition) is 2. The highest BCUT2D eigenvalue weighted by atomic mass is 35.5. The van der Waals surface area contributed by atoms with Gasteiger partial charge in [-0.1, -0.05) is 11.6 Å². The molecule has 0 fully saturated rings. The van der Waals surface area contributed by atoms with Crippen LogP contribution in [0, 0.1) is 11.3 Å². The van der Waals surface area contributed by atoms with E-state index in [4.69, 9.17) is 22.0 Å². The number of nitrogens with zero attached hydrogens (tertiary/aromatic N) is 1. The van der Waals surface area contributed by atoms with Crippen LogP contribution in [-0.2, 0) is 14.6 Å². The van der Waals surface area contributed by atoms with Gasteiger partial charge in [-0.05, 0) is 18.2 Å². The molecule has 0 unspecified atom stereocenters. The summed E-state index contributed by atoms with van der Waals surface area (Å²) in [5, 5.41) is 19.3. The highest BCUT2D eigenvalue weighted by molar-refractivity contribution is 7.92. The summed E-state index contributed by atoms with van der Waals surface area (Å²) in [6.45, 7) is 0.0355. The molecule has 1 rings (SSSR count). The lowest BCUT2D eigenvalue weighted by Crippen LogP contribution is -2.31. The number of carboxylic acid groups (broad SMARTS) is 1. The van der Waals surface area contributed by atoms with Crippen molar-refractivity contribution in [2.24, 2.45) is 0 Å². The highest BCUT2D eigenvalue weighted by Gasteiger charge is 2.23. The van der Waals surface area contributed by atoms with Gasteiger partial charge in [-0.15, -0.1) is 0 Å². The van der Waals surface area contributed by atoms with E-state index >= 15 is 0 Å². The van der Waals surface area contributed by atoms with Gasteiger partial charge in [0.05, 0.1) is 28.0 Å². The molecule has 1 amide bonds. The van der Waals surface area contributed by atoms with Crippen molar-refractivity contribution in [2.75, 3.05) is 12.3 Å². The van der Waals surface area contributed by atoms with E-state index in [-0.39, 0.29) is 23.6 Å². The predicted molar refractivity (Wildman–Crippen MR) is 73.7 cm³/mol. The van der Waals surface area contributed by atoms with E-state index < -0.39 is 32.4 Å². The second-order valence-corrected chi connectivity index (χ2v) is 6.33. The second kappa shape index (κ2) is 7.06. The highest BCUT2D eigenvalue weighted by Crippen LogP contribution is 2.23.